The Balaban J connectivity index is 1.85. The number of carbonyl (C=O) groups is 1. The monoisotopic (exact) mass is 449 g/mol. The first-order valence-corrected chi connectivity index (χ1v) is 11.4. The maximum absolute atomic E-state index is 12.9. The average molecular weight is 450 g/mol. The molecule has 1 heterocycles. The molecule has 0 aliphatic heterocycles. The molecular formula is C28H35NO4. The fraction of sp³-hybridized carbons (Fsp3) is 0.429. The molecule has 0 fully saturated rings. The lowest BCUT2D eigenvalue weighted by Gasteiger charge is -2.42. The van der Waals surface area contributed by atoms with Crippen LogP contribution in [-0.2, 0) is 16.6 Å². The first kappa shape index (κ1) is 24.6. The zero-order chi connectivity index (χ0) is 24.6. The van der Waals surface area contributed by atoms with E-state index in [1.165, 1.54) is 0 Å². The Hall–Kier alpha value is -3.08. The van der Waals surface area contributed by atoms with Crippen LogP contribution in [0.3, 0.4) is 0 Å². The third-order valence-electron chi connectivity index (χ3n) is 6.91. The number of benzene rings is 2. The molecule has 5 nitrogen and oxygen atoms in total. The van der Waals surface area contributed by atoms with E-state index in [2.05, 4.69) is 0 Å². The van der Waals surface area contributed by atoms with E-state index in [-0.39, 0.29) is 11.5 Å². The predicted octanol–water partition coefficient (Wildman–Crippen LogP) is 6.12. The lowest BCUT2D eigenvalue weighted by Crippen LogP contribution is -2.53. The predicted molar refractivity (Wildman–Crippen MR) is 134 cm³/mol. The Morgan fingerprint density at radius 1 is 0.909 bits per heavy atom. The van der Waals surface area contributed by atoms with Gasteiger partial charge in [-0.2, -0.15) is 0 Å². The normalized spacial score (nSPS) is 12.6. The van der Waals surface area contributed by atoms with Gasteiger partial charge in [-0.15, -0.1) is 0 Å². The third-order valence-corrected chi connectivity index (χ3v) is 6.91. The maximum atomic E-state index is 12.9. The lowest BCUT2D eigenvalue weighted by molar-refractivity contribution is -0.186. The molecule has 2 aromatic carbocycles. The van der Waals surface area contributed by atoms with Gasteiger partial charge in [-0.05, 0) is 83.2 Å². The fourth-order valence-corrected chi connectivity index (χ4v) is 3.39. The van der Waals surface area contributed by atoms with Gasteiger partial charge >= 0.3 is 5.97 Å². The molecule has 0 saturated carbocycles. The molecular weight excluding hydrogens is 414 g/mol. The highest BCUT2D eigenvalue weighted by Gasteiger charge is 2.45. The number of pyridine rings is 1. The van der Waals surface area contributed by atoms with Crippen molar-refractivity contribution in [2.45, 2.75) is 66.1 Å². The number of nitrogens with zero attached hydrogens (tertiary/aromatic N) is 1. The Morgan fingerprint density at radius 2 is 1.52 bits per heavy atom. The smallest absolute Gasteiger partial charge is 0.312 e. The molecule has 1 aromatic heterocycles. The molecule has 3 aromatic rings. The highest BCUT2D eigenvalue weighted by atomic mass is 16.6. The quantitative estimate of drug-likeness (QED) is 0.408. The van der Waals surface area contributed by atoms with E-state index in [1.807, 2.05) is 103 Å². The largest absolute Gasteiger partial charge is 0.484 e. The Labute approximate surface area is 196 Å². The van der Waals surface area contributed by atoms with Gasteiger partial charge < -0.3 is 14.0 Å². The van der Waals surface area contributed by atoms with Gasteiger partial charge in [0, 0.05) is 12.6 Å². The Morgan fingerprint density at radius 3 is 2.12 bits per heavy atom. The standard InChI is InChI=1S/C28H35NO4/c1-9-26(2,3)25(31)33-28(6,7)27(4,5)32-21-16-14-19(15-17-21)22-18-20-12-10-11-13-23(20)29(8)24(22)30/h10-18H,9H2,1-8H3. The van der Waals surface area contributed by atoms with Crippen LogP contribution in [0.1, 0.15) is 54.9 Å². The zero-order valence-corrected chi connectivity index (χ0v) is 21.0. The summed E-state index contributed by atoms with van der Waals surface area (Å²) in [5, 5.41) is 1.01. The van der Waals surface area contributed by atoms with Crippen LogP contribution >= 0.6 is 0 Å². The van der Waals surface area contributed by atoms with Crippen LogP contribution in [-0.4, -0.2) is 21.7 Å². The van der Waals surface area contributed by atoms with E-state index in [9.17, 15) is 9.59 Å². The summed E-state index contributed by atoms with van der Waals surface area (Å²) >= 11 is 0. The number of aryl methyl sites for hydroxylation is 1. The topological polar surface area (TPSA) is 57.5 Å². The first-order valence-electron chi connectivity index (χ1n) is 11.4. The molecule has 0 unspecified atom stereocenters. The summed E-state index contributed by atoms with van der Waals surface area (Å²) in [6.45, 7) is 13.3. The molecule has 0 saturated heterocycles. The molecule has 176 valence electrons. The van der Waals surface area contributed by atoms with E-state index < -0.39 is 16.6 Å². The van der Waals surface area contributed by atoms with Gasteiger partial charge in [0.2, 0.25) is 0 Å². The SMILES string of the molecule is CCC(C)(C)C(=O)OC(C)(C)C(C)(C)Oc1ccc(-c2cc3ccccc3n(C)c2=O)cc1. The molecule has 5 heteroatoms. The van der Waals surface area contributed by atoms with Crippen LogP contribution in [0.25, 0.3) is 22.0 Å². The van der Waals surface area contributed by atoms with Crippen molar-refractivity contribution in [3.05, 3.63) is 65.0 Å². The minimum atomic E-state index is -0.858. The van der Waals surface area contributed by atoms with Gasteiger partial charge in [0.1, 0.15) is 17.0 Å². The molecule has 33 heavy (non-hydrogen) atoms. The molecule has 0 amide bonds. The number of fused-ring (bicyclic) bond motifs is 1. The highest BCUT2D eigenvalue weighted by Crippen LogP contribution is 2.34. The summed E-state index contributed by atoms with van der Waals surface area (Å²) < 4.78 is 13.8. The Kier molecular flexibility index (Phi) is 6.47. The molecule has 3 rings (SSSR count). The molecule has 0 aliphatic rings. The van der Waals surface area contributed by atoms with Crippen molar-refractivity contribution in [2.24, 2.45) is 12.5 Å². The van der Waals surface area contributed by atoms with E-state index in [0.29, 0.717) is 17.7 Å². The van der Waals surface area contributed by atoms with Crippen LogP contribution in [0.5, 0.6) is 5.75 Å². The maximum Gasteiger partial charge on any atom is 0.312 e. The second kappa shape index (κ2) is 8.69. The summed E-state index contributed by atoms with van der Waals surface area (Å²) in [5.41, 5.74) is 0.114. The number of aromatic nitrogens is 1. The summed E-state index contributed by atoms with van der Waals surface area (Å²) in [6.07, 6.45) is 0.693. The molecule has 0 atom stereocenters. The van der Waals surface area contributed by atoms with Crippen molar-refractivity contribution in [1.29, 1.82) is 0 Å². The molecule has 0 aliphatic carbocycles. The third kappa shape index (κ3) is 4.82. The molecule has 0 radical (unpaired) electrons. The number of hydrogen-bond donors (Lipinski definition) is 0. The van der Waals surface area contributed by atoms with E-state index in [1.54, 1.807) is 11.6 Å². The second-order valence-corrected chi connectivity index (χ2v) is 10.3. The van der Waals surface area contributed by atoms with Crippen LogP contribution in [0.4, 0.5) is 0 Å². The minimum Gasteiger partial charge on any atom is -0.484 e. The minimum absolute atomic E-state index is 0.0470. The Bertz CT molecular complexity index is 1220. The van der Waals surface area contributed by atoms with Crippen molar-refractivity contribution >= 4 is 16.9 Å². The van der Waals surface area contributed by atoms with Crippen LogP contribution in [0.2, 0.25) is 0 Å². The van der Waals surface area contributed by atoms with E-state index in [4.69, 9.17) is 9.47 Å². The lowest BCUT2D eigenvalue weighted by atomic mass is 9.86. The number of para-hydroxylation sites is 1. The fourth-order valence-electron chi connectivity index (χ4n) is 3.39. The van der Waals surface area contributed by atoms with Crippen LogP contribution < -0.4 is 10.3 Å². The van der Waals surface area contributed by atoms with E-state index in [0.717, 1.165) is 16.5 Å². The van der Waals surface area contributed by atoms with Gasteiger partial charge in [-0.1, -0.05) is 37.3 Å². The van der Waals surface area contributed by atoms with Crippen molar-refractivity contribution < 1.29 is 14.3 Å². The van der Waals surface area contributed by atoms with Gasteiger partial charge in [0.05, 0.1) is 10.9 Å². The number of ether oxygens (including phenoxy) is 2. The number of rotatable bonds is 7. The summed E-state index contributed by atoms with van der Waals surface area (Å²) in [6, 6.07) is 17.2. The molecule has 0 N–H and O–H groups in total. The van der Waals surface area contributed by atoms with Crippen molar-refractivity contribution in [2.75, 3.05) is 0 Å². The zero-order valence-electron chi connectivity index (χ0n) is 21.0. The second-order valence-electron chi connectivity index (χ2n) is 10.3. The first-order chi connectivity index (χ1) is 15.3. The van der Waals surface area contributed by atoms with Gasteiger partial charge in [-0.3, -0.25) is 9.59 Å². The highest BCUT2D eigenvalue weighted by molar-refractivity contribution is 5.84. The number of hydrogen-bond acceptors (Lipinski definition) is 4. The number of esters is 1. The van der Waals surface area contributed by atoms with Gasteiger partial charge in [0.25, 0.3) is 5.56 Å². The summed E-state index contributed by atoms with van der Waals surface area (Å²) in [5.74, 6) is 0.398. The summed E-state index contributed by atoms with van der Waals surface area (Å²) in [7, 11) is 1.79. The van der Waals surface area contributed by atoms with Gasteiger partial charge in [0.15, 0.2) is 0 Å². The molecule has 0 spiro atoms. The van der Waals surface area contributed by atoms with Crippen molar-refractivity contribution in [1.82, 2.24) is 4.57 Å². The van der Waals surface area contributed by atoms with Crippen molar-refractivity contribution in [3.8, 4) is 16.9 Å². The van der Waals surface area contributed by atoms with Crippen molar-refractivity contribution in [3.63, 3.8) is 0 Å². The average Bonchev–Trinajstić information content (AvgIpc) is 2.76. The number of carbonyl (C=O) groups excluding carboxylic acids is 1. The summed E-state index contributed by atoms with van der Waals surface area (Å²) in [4.78, 5) is 25.6. The van der Waals surface area contributed by atoms with Crippen LogP contribution in [0.15, 0.2) is 59.4 Å². The molecule has 0 bridgehead atoms. The van der Waals surface area contributed by atoms with Gasteiger partial charge in [-0.25, -0.2) is 0 Å². The van der Waals surface area contributed by atoms with E-state index >= 15 is 0 Å². The van der Waals surface area contributed by atoms with Crippen LogP contribution in [0, 0.1) is 5.41 Å².